The van der Waals surface area contributed by atoms with Crippen LogP contribution in [-0.4, -0.2) is 35.7 Å². The van der Waals surface area contributed by atoms with Crippen LogP contribution in [0.3, 0.4) is 0 Å². The molecular formula is C17H22N4O2. The Hall–Kier alpha value is -2.34. The summed E-state index contributed by atoms with van der Waals surface area (Å²) in [7, 11) is 0. The minimum Gasteiger partial charge on any atom is -0.360 e. The quantitative estimate of drug-likeness (QED) is 0.890. The second-order valence-corrected chi connectivity index (χ2v) is 5.83. The van der Waals surface area contributed by atoms with E-state index >= 15 is 0 Å². The molecule has 6 nitrogen and oxygen atoms in total. The molecule has 1 aromatic heterocycles. The highest BCUT2D eigenvalue weighted by molar-refractivity contribution is 5.88. The highest BCUT2D eigenvalue weighted by Crippen LogP contribution is 2.24. The molecule has 2 heterocycles. The van der Waals surface area contributed by atoms with Gasteiger partial charge < -0.3 is 9.84 Å². The highest BCUT2D eigenvalue weighted by Gasteiger charge is 2.23. The van der Waals surface area contributed by atoms with E-state index in [4.69, 9.17) is 4.52 Å². The first-order chi connectivity index (χ1) is 11.2. The van der Waals surface area contributed by atoms with Crippen LogP contribution in [-0.2, 0) is 0 Å². The van der Waals surface area contributed by atoms with Crippen LogP contribution in [0.15, 0.2) is 40.9 Å². The minimum atomic E-state index is -0.265. The van der Waals surface area contributed by atoms with E-state index < -0.39 is 0 Å². The summed E-state index contributed by atoms with van der Waals surface area (Å²) in [5.74, 6) is 1.09. The maximum atomic E-state index is 12.0. The van der Waals surface area contributed by atoms with Gasteiger partial charge in [-0.1, -0.05) is 35.5 Å². The summed E-state index contributed by atoms with van der Waals surface area (Å²) >= 11 is 0. The number of aryl methyl sites for hydroxylation is 1. The van der Waals surface area contributed by atoms with Gasteiger partial charge in [0.1, 0.15) is 5.76 Å². The molecule has 1 atom stereocenters. The summed E-state index contributed by atoms with van der Waals surface area (Å²) in [6, 6.07) is 11.9. The van der Waals surface area contributed by atoms with Gasteiger partial charge in [-0.15, -0.1) is 0 Å². The zero-order valence-electron chi connectivity index (χ0n) is 13.3. The average molecular weight is 314 g/mol. The van der Waals surface area contributed by atoms with Crippen LogP contribution in [0.2, 0.25) is 0 Å². The maximum Gasteiger partial charge on any atom is 0.320 e. The van der Waals surface area contributed by atoms with Crippen LogP contribution in [0.1, 0.15) is 30.2 Å². The number of carbonyl (C=O) groups is 1. The van der Waals surface area contributed by atoms with E-state index in [1.165, 1.54) is 18.4 Å². The van der Waals surface area contributed by atoms with Crippen molar-refractivity contribution in [1.82, 2.24) is 15.4 Å². The fraction of sp³-hybridized carbons (Fsp3) is 0.412. The largest absolute Gasteiger partial charge is 0.360 e. The predicted molar refractivity (Wildman–Crippen MR) is 88.3 cm³/mol. The predicted octanol–water partition coefficient (Wildman–Crippen LogP) is 2.94. The summed E-state index contributed by atoms with van der Waals surface area (Å²) in [5, 5.41) is 9.39. The Bertz CT molecular complexity index is 635. The van der Waals surface area contributed by atoms with Gasteiger partial charge in [0.25, 0.3) is 0 Å². The van der Waals surface area contributed by atoms with Gasteiger partial charge in [-0.3, -0.25) is 10.2 Å². The van der Waals surface area contributed by atoms with E-state index in [-0.39, 0.29) is 12.1 Å². The molecule has 1 aliphatic heterocycles. The minimum absolute atomic E-state index is 0.198. The maximum absolute atomic E-state index is 12.0. The molecule has 0 bridgehead atoms. The van der Waals surface area contributed by atoms with Gasteiger partial charge in [0.15, 0.2) is 5.82 Å². The number of hydrogen-bond acceptors (Lipinski definition) is 4. The van der Waals surface area contributed by atoms with Crippen molar-refractivity contribution in [2.75, 3.05) is 25.0 Å². The molecule has 1 aliphatic rings. The number of amides is 2. The standard InChI is InChI=1S/C17H22N4O2/c1-13-11-16(20-23-13)19-17(22)18-12-15(21-9-5-6-10-21)14-7-3-2-4-8-14/h2-4,7-8,11,15H,5-6,9-10,12H2,1H3,(H2,18,19,20,22)/t15-/m0/s1. The molecule has 0 aliphatic carbocycles. The SMILES string of the molecule is Cc1cc(NC(=O)NC[C@@H](c2ccccc2)N2CCCC2)no1. The molecule has 2 amide bonds. The van der Waals surface area contributed by atoms with Gasteiger partial charge in [-0.05, 0) is 38.4 Å². The number of benzene rings is 1. The first-order valence-corrected chi connectivity index (χ1v) is 7.99. The van der Waals surface area contributed by atoms with Crippen molar-refractivity contribution in [3.8, 4) is 0 Å². The monoisotopic (exact) mass is 314 g/mol. The third kappa shape index (κ3) is 4.10. The van der Waals surface area contributed by atoms with Crippen molar-refractivity contribution < 1.29 is 9.32 Å². The lowest BCUT2D eigenvalue weighted by atomic mass is 10.1. The number of likely N-dealkylation sites (tertiary alicyclic amines) is 1. The number of nitrogens with zero attached hydrogens (tertiary/aromatic N) is 2. The normalized spacial score (nSPS) is 16.2. The van der Waals surface area contributed by atoms with Crippen molar-refractivity contribution >= 4 is 11.8 Å². The topological polar surface area (TPSA) is 70.4 Å². The molecule has 6 heteroatoms. The van der Waals surface area contributed by atoms with Crippen LogP contribution in [0, 0.1) is 6.92 Å². The smallest absolute Gasteiger partial charge is 0.320 e. The van der Waals surface area contributed by atoms with Crippen molar-refractivity contribution in [3.05, 3.63) is 47.7 Å². The number of hydrogen-bond donors (Lipinski definition) is 2. The van der Waals surface area contributed by atoms with Gasteiger partial charge >= 0.3 is 6.03 Å². The molecule has 0 radical (unpaired) electrons. The number of carbonyl (C=O) groups excluding carboxylic acids is 1. The summed E-state index contributed by atoms with van der Waals surface area (Å²) in [5.41, 5.74) is 1.23. The van der Waals surface area contributed by atoms with E-state index in [0.29, 0.717) is 18.1 Å². The second-order valence-electron chi connectivity index (χ2n) is 5.83. The fourth-order valence-corrected chi connectivity index (χ4v) is 2.96. The van der Waals surface area contributed by atoms with Crippen LogP contribution >= 0.6 is 0 Å². The molecular weight excluding hydrogens is 292 g/mol. The first kappa shape index (κ1) is 15.6. The van der Waals surface area contributed by atoms with Crippen LogP contribution in [0.5, 0.6) is 0 Å². The molecule has 0 saturated carbocycles. The zero-order valence-corrected chi connectivity index (χ0v) is 13.3. The third-order valence-corrected chi connectivity index (χ3v) is 4.09. The van der Waals surface area contributed by atoms with Crippen molar-refractivity contribution in [2.24, 2.45) is 0 Å². The van der Waals surface area contributed by atoms with Gasteiger partial charge in [0, 0.05) is 12.6 Å². The van der Waals surface area contributed by atoms with E-state index in [1.807, 2.05) is 18.2 Å². The zero-order chi connectivity index (χ0) is 16.1. The molecule has 23 heavy (non-hydrogen) atoms. The Morgan fingerprint density at radius 2 is 2.04 bits per heavy atom. The molecule has 3 rings (SSSR count). The molecule has 1 aromatic carbocycles. The second kappa shape index (κ2) is 7.28. The molecule has 1 fully saturated rings. The van der Waals surface area contributed by atoms with E-state index in [2.05, 4.69) is 32.8 Å². The first-order valence-electron chi connectivity index (χ1n) is 7.99. The van der Waals surface area contributed by atoms with Crippen molar-refractivity contribution in [3.63, 3.8) is 0 Å². The van der Waals surface area contributed by atoms with Crippen LogP contribution in [0.25, 0.3) is 0 Å². The van der Waals surface area contributed by atoms with E-state index in [9.17, 15) is 4.79 Å². The van der Waals surface area contributed by atoms with Crippen LogP contribution < -0.4 is 10.6 Å². The Balaban J connectivity index is 1.61. The molecule has 0 spiro atoms. The highest BCUT2D eigenvalue weighted by atomic mass is 16.5. The lowest BCUT2D eigenvalue weighted by Crippen LogP contribution is -2.38. The molecule has 2 aromatic rings. The van der Waals surface area contributed by atoms with Crippen molar-refractivity contribution in [1.29, 1.82) is 0 Å². The number of aromatic nitrogens is 1. The van der Waals surface area contributed by atoms with Gasteiger partial charge in [-0.2, -0.15) is 0 Å². The number of rotatable bonds is 5. The Kier molecular flexibility index (Phi) is 4.92. The number of urea groups is 1. The van der Waals surface area contributed by atoms with Gasteiger partial charge in [0.2, 0.25) is 0 Å². The summed E-state index contributed by atoms with van der Waals surface area (Å²) in [6.45, 7) is 4.50. The third-order valence-electron chi connectivity index (χ3n) is 4.09. The number of nitrogens with one attached hydrogen (secondary N) is 2. The average Bonchev–Trinajstić information content (AvgIpc) is 3.21. The lowest BCUT2D eigenvalue weighted by Gasteiger charge is -2.28. The summed E-state index contributed by atoms with van der Waals surface area (Å²) in [6.07, 6.45) is 2.43. The summed E-state index contributed by atoms with van der Waals surface area (Å²) < 4.78 is 4.94. The van der Waals surface area contributed by atoms with Gasteiger partial charge in [-0.25, -0.2) is 4.79 Å². The van der Waals surface area contributed by atoms with Crippen molar-refractivity contribution in [2.45, 2.75) is 25.8 Å². The molecule has 122 valence electrons. The van der Waals surface area contributed by atoms with E-state index in [0.717, 1.165) is 13.1 Å². The van der Waals surface area contributed by atoms with Gasteiger partial charge in [0.05, 0.1) is 6.04 Å². The Labute approximate surface area is 135 Å². The molecule has 0 unspecified atom stereocenters. The number of anilines is 1. The fourth-order valence-electron chi connectivity index (χ4n) is 2.96. The molecule has 2 N–H and O–H groups in total. The summed E-state index contributed by atoms with van der Waals surface area (Å²) in [4.78, 5) is 14.5. The van der Waals surface area contributed by atoms with Crippen LogP contribution in [0.4, 0.5) is 10.6 Å². The molecule has 1 saturated heterocycles. The Morgan fingerprint density at radius 3 is 2.70 bits per heavy atom. The Morgan fingerprint density at radius 1 is 1.30 bits per heavy atom. The van der Waals surface area contributed by atoms with E-state index in [1.54, 1.807) is 13.0 Å². The lowest BCUT2D eigenvalue weighted by molar-refractivity contribution is 0.227.